The predicted molar refractivity (Wildman–Crippen MR) is 68.4 cm³/mol. The Balaban J connectivity index is 2.31. The third-order valence-corrected chi connectivity index (χ3v) is 2.59. The molecule has 0 bridgehead atoms. The summed E-state index contributed by atoms with van der Waals surface area (Å²) >= 11 is 5.85. The molecule has 0 atom stereocenters. The Labute approximate surface area is 113 Å². The highest BCUT2D eigenvalue weighted by Gasteiger charge is 2.17. The molecule has 2 rings (SSSR count). The molecule has 0 saturated carbocycles. The van der Waals surface area contributed by atoms with Crippen LogP contribution in [-0.4, -0.2) is 27.0 Å². The number of carboxylic acids is 1. The molecule has 0 aliphatic heterocycles. The molecular weight excluding hydrogens is 270 g/mol. The second-order valence-corrected chi connectivity index (χ2v) is 3.92. The molecule has 0 aliphatic rings. The molecule has 0 aliphatic carbocycles. The van der Waals surface area contributed by atoms with Crippen LogP contribution < -0.4 is 5.32 Å². The molecule has 6 nitrogen and oxygen atoms in total. The van der Waals surface area contributed by atoms with Gasteiger partial charge in [-0.05, 0) is 18.2 Å². The molecule has 0 unspecified atom stereocenters. The number of carboxylic acid groups (broad SMARTS) is 1. The molecule has 0 spiro atoms. The van der Waals surface area contributed by atoms with Crippen LogP contribution in [0.5, 0.6) is 0 Å². The number of pyridine rings is 2. The molecule has 2 heterocycles. The minimum atomic E-state index is -1.23. The van der Waals surface area contributed by atoms with Gasteiger partial charge in [0.2, 0.25) is 0 Å². The Morgan fingerprint density at radius 2 is 2.00 bits per heavy atom. The highest BCUT2D eigenvalue weighted by molar-refractivity contribution is 6.33. The number of hydrogen-bond acceptors (Lipinski definition) is 4. The maximum Gasteiger partial charge on any atom is 0.338 e. The van der Waals surface area contributed by atoms with E-state index in [0.717, 1.165) is 6.20 Å². The summed E-state index contributed by atoms with van der Waals surface area (Å²) in [7, 11) is 0. The number of hydrogen-bond donors (Lipinski definition) is 2. The smallest absolute Gasteiger partial charge is 0.338 e. The lowest BCUT2D eigenvalue weighted by Gasteiger charge is -2.07. The minimum absolute atomic E-state index is 0.00998. The second-order valence-electron chi connectivity index (χ2n) is 3.51. The van der Waals surface area contributed by atoms with Crippen LogP contribution in [0.1, 0.15) is 20.7 Å². The number of nitrogens with zero attached hydrogens (tertiary/aromatic N) is 2. The zero-order valence-corrected chi connectivity index (χ0v) is 10.3. The van der Waals surface area contributed by atoms with E-state index >= 15 is 0 Å². The summed E-state index contributed by atoms with van der Waals surface area (Å²) in [5.41, 5.74) is -0.198. The third-order valence-electron chi connectivity index (χ3n) is 2.29. The van der Waals surface area contributed by atoms with Crippen LogP contribution in [-0.2, 0) is 0 Å². The Kier molecular flexibility index (Phi) is 3.72. The lowest BCUT2D eigenvalue weighted by atomic mass is 10.1. The maximum absolute atomic E-state index is 12.0. The molecule has 2 aromatic rings. The van der Waals surface area contributed by atoms with Gasteiger partial charge in [-0.2, -0.15) is 0 Å². The standard InChI is InChI=1S/C12H8ClN3O3/c13-9-2-1-4-15-10(9)16-11(17)7-3-5-14-6-8(7)12(18)19/h1-6H,(H,18,19)(H,15,16,17). The van der Waals surface area contributed by atoms with Crippen LogP contribution in [0.25, 0.3) is 0 Å². The van der Waals surface area contributed by atoms with Gasteiger partial charge in [-0.15, -0.1) is 0 Å². The van der Waals surface area contributed by atoms with Gasteiger partial charge in [0.25, 0.3) is 5.91 Å². The Morgan fingerprint density at radius 1 is 1.21 bits per heavy atom. The molecule has 2 aromatic heterocycles. The highest BCUT2D eigenvalue weighted by atomic mass is 35.5. The number of aromatic carboxylic acids is 1. The monoisotopic (exact) mass is 277 g/mol. The van der Waals surface area contributed by atoms with E-state index < -0.39 is 11.9 Å². The summed E-state index contributed by atoms with van der Waals surface area (Å²) in [6, 6.07) is 4.50. The van der Waals surface area contributed by atoms with Crippen LogP contribution >= 0.6 is 11.6 Å². The second kappa shape index (κ2) is 5.45. The van der Waals surface area contributed by atoms with Gasteiger partial charge in [-0.1, -0.05) is 11.6 Å². The van der Waals surface area contributed by atoms with Gasteiger partial charge in [-0.25, -0.2) is 9.78 Å². The van der Waals surface area contributed by atoms with Gasteiger partial charge in [0.15, 0.2) is 5.82 Å². The Bertz CT molecular complexity index is 646. The first kappa shape index (κ1) is 13.0. The van der Waals surface area contributed by atoms with Crippen molar-refractivity contribution in [2.75, 3.05) is 5.32 Å². The first-order valence-electron chi connectivity index (χ1n) is 5.19. The van der Waals surface area contributed by atoms with E-state index in [1.165, 1.54) is 18.5 Å². The van der Waals surface area contributed by atoms with Crippen LogP contribution in [0.3, 0.4) is 0 Å². The number of amides is 1. The zero-order valence-electron chi connectivity index (χ0n) is 9.50. The van der Waals surface area contributed by atoms with Crippen LogP contribution in [0.15, 0.2) is 36.8 Å². The predicted octanol–water partition coefficient (Wildman–Crippen LogP) is 2.08. The molecular formula is C12H8ClN3O3. The van der Waals surface area contributed by atoms with E-state index in [0.29, 0.717) is 0 Å². The fourth-order valence-corrected chi connectivity index (χ4v) is 1.58. The van der Waals surface area contributed by atoms with Gasteiger partial charge >= 0.3 is 5.97 Å². The fraction of sp³-hybridized carbons (Fsp3) is 0. The SMILES string of the molecule is O=C(O)c1cnccc1C(=O)Nc1ncccc1Cl. The lowest BCUT2D eigenvalue weighted by Crippen LogP contribution is -2.17. The Hall–Kier alpha value is -2.47. The van der Waals surface area contributed by atoms with E-state index in [1.54, 1.807) is 12.1 Å². The van der Waals surface area contributed by atoms with Gasteiger partial charge in [0.05, 0.1) is 16.1 Å². The molecule has 7 heteroatoms. The van der Waals surface area contributed by atoms with E-state index in [-0.39, 0.29) is 22.0 Å². The van der Waals surface area contributed by atoms with Gasteiger partial charge in [0.1, 0.15) is 0 Å². The van der Waals surface area contributed by atoms with Crippen molar-refractivity contribution in [2.24, 2.45) is 0 Å². The molecule has 0 saturated heterocycles. The van der Waals surface area contributed by atoms with Gasteiger partial charge in [0, 0.05) is 18.6 Å². The van der Waals surface area contributed by atoms with Crippen molar-refractivity contribution < 1.29 is 14.7 Å². The van der Waals surface area contributed by atoms with Crippen molar-refractivity contribution in [2.45, 2.75) is 0 Å². The fourth-order valence-electron chi connectivity index (χ4n) is 1.42. The zero-order chi connectivity index (χ0) is 13.8. The topological polar surface area (TPSA) is 92.2 Å². The minimum Gasteiger partial charge on any atom is -0.478 e. The van der Waals surface area contributed by atoms with E-state index in [1.807, 2.05) is 0 Å². The molecule has 0 aromatic carbocycles. The van der Waals surface area contributed by atoms with Crippen LogP contribution in [0.2, 0.25) is 5.02 Å². The summed E-state index contributed by atoms with van der Waals surface area (Å²) in [6.45, 7) is 0. The molecule has 0 fully saturated rings. The molecule has 96 valence electrons. The van der Waals surface area contributed by atoms with E-state index in [2.05, 4.69) is 15.3 Å². The summed E-state index contributed by atoms with van der Waals surface area (Å²) in [5, 5.41) is 11.7. The average molecular weight is 278 g/mol. The Morgan fingerprint density at radius 3 is 2.68 bits per heavy atom. The number of aromatic nitrogens is 2. The normalized spacial score (nSPS) is 9.95. The number of halogens is 1. The summed E-state index contributed by atoms with van der Waals surface area (Å²) in [5.74, 6) is -1.67. The van der Waals surface area contributed by atoms with Crippen molar-refractivity contribution in [3.63, 3.8) is 0 Å². The number of anilines is 1. The summed E-state index contributed by atoms with van der Waals surface area (Å²) in [4.78, 5) is 30.5. The van der Waals surface area contributed by atoms with Gasteiger partial charge < -0.3 is 10.4 Å². The number of nitrogens with one attached hydrogen (secondary N) is 1. The van der Waals surface area contributed by atoms with Gasteiger partial charge in [-0.3, -0.25) is 9.78 Å². The molecule has 19 heavy (non-hydrogen) atoms. The molecule has 2 N–H and O–H groups in total. The maximum atomic E-state index is 12.0. The largest absolute Gasteiger partial charge is 0.478 e. The van der Waals surface area contributed by atoms with Crippen LogP contribution in [0.4, 0.5) is 5.82 Å². The number of carbonyl (C=O) groups is 2. The number of carbonyl (C=O) groups excluding carboxylic acids is 1. The van der Waals surface area contributed by atoms with Crippen LogP contribution in [0, 0.1) is 0 Å². The van der Waals surface area contributed by atoms with Crippen molar-refractivity contribution in [1.29, 1.82) is 0 Å². The van der Waals surface area contributed by atoms with Crippen molar-refractivity contribution in [1.82, 2.24) is 9.97 Å². The van der Waals surface area contributed by atoms with Crippen molar-refractivity contribution >= 4 is 29.3 Å². The molecule has 0 radical (unpaired) electrons. The van der Waals surface area contributed by atoms with Crippen molar-refractivity contribution in [3.05, 3.63) is 52.9 Å². The van der Waals surface area contributed by atoms with E-state index in [4.69, 9.17) is 16.7 Å². The first-order chi connectivity index (χ1) is 9.09. The van der Waals surface area contributed by atoms with E-state index in [9.17, 15) is 9.59 Å². The average Bonchev–Trinajstić information content (AvgIpc) is 2.41. The van der Waals surface area contributed by atoms with Crippen molar-refractivity contribution in [3.8, 4) is 0 Å². The summed E-state index contributed by atoms with van der Waals surface area (Å²) < 4.78 is 0. The lowest BCUT2D eigenvalue weighted by molar-refractivity contribution is 0.0692. The first-order valence-corrected chi connectivity index (χ1v) is 5.56. The third kappa shape index (κ3) is 2.86. The highest BCUT2D eigenvalue weighted by Crippen LogP contribution is 2.18. The summed E-state index contributed by atoms with van der Waals surface area (Å²) in [6.07, 6.45) is 3.91. The molecule has 1 amide bonds. The number of rotatable bonds is 3. The quantitative estimate of drug-likeness (QED) is 0.896.